The molecule has 1 rings (SSSR count). The average molecular weight is 306 g/mol. The van der Waals surface area contributed by atoms with Crippen LogP contribution in [0.2, 0.25) is 5.15 Å². The number of rotatable bonds is 4. The number of halogens is 1. The SMILES string of the molecule is CC(C)(C)OC(=O)NCCNC(=O)c1scnc1Cl. The highest BCUT2D eigenvalue weighted by atomic mass is 35.5. The Kier molecular flexibility index (Phi) is 5.56. The molecule has 8 heteroatoms. The van der Waals surface area contributed by atoms with E-state index in [1.165, 1.54) is 5.51 Å². The Hall–Kier alpha value is -1.34. The molecular weight excluding hydrogens is 290 g/mol. The van der Waals surface area contributed by atoms with Gasteiger partial charge in [0, 0.05) is 13.1 Å². The van der Waals surface area contributed by atoms with Crippen molar-refractivity contribution in [3.63, 3.8) is 0 Å². The van der Waals surface area contributed by atoms with Crippen molar-refractivity contribution in [2.75, 3.05) is 13.1 Å². The molecule has 0 aliphatic heterocycles. The summed E-state index contributed by atoms with van der Waals surface area (Å²) in [5.41, 5.74) is 0.958. The van der Waals surface area contributed by atoms with Crippen molar-refractivity contribution in [3.05, 3.63) is 15.5 Å². The van der Waals surface area contributed by atoms with Crippen LogP contribution in [0.25, 0.3) is 0 Å². The van der Waals surface area contributed by atoms with Crippen LogP contribution in [0, 0.1) is 0 Å². The number of hydrogen-bond acceptors (Lipinski definition) is 5. The van der Waals surface area contributed by atoms with Gasteiger partial charge >= 0.3 is 6.09 Å². The summed E-state index contributed by atoms with van der Waals surface area (Å²) in [7, 11) is 0. The molecule has 6 nitrogen and oxygen atoms in total. The molecule has 0 aliphatic carbocycles. The van der Waals surface area contributed by atoms with Gasteiger partial charge in [-0.05, 0) is 20.8 Å². The van der Waals surface area contributed by atoms with E-state index in [0.29, 0.717) is 4.88 Å². The first-order valence-corrected chi connectivity index (χ1v) is 6.89. The number of nitrogens with zero attached hydrogens (tertiary/aromatic N) is 1. The fourth-order valence-corrected chi connectivity index (χ4v) is 2.03. The maximum atomic E-state index is 11.6. The molecule has 2 amide bonds. The van der Waals surface area contributed by atoms with Crippen molar-refractivity contribution in [2.45, 2.75) is 26.4 Å². The quantitative estimate of drug-likeness (QED) is 0.834. The Morgan fingerprint density at radius 1 is 1.37 bits per heavy atom. The van der Waals surface area contributed by atoms with Crippen LogP contribution in [-0.2, 0) is 4.74 Å². The van der Waals surface area contributed by atoms with E-state index >= 15 is 0 Å². The molecule has 1 aromatic rings. The number of aromatic nitrogens is 1. The molecule has 0 aliphatic rings. The second-order valence-electron chi connectivity index (χ2n) is 4.66. The van der Waals surface area contributed by atoms with Crippen LogP contribution in [-0.4, -0.2) is 35.7 Å². The monoisotopic (exact) mass is 305 g/mol. The van der Waals surface area contributed by atoms with Crippen molar-refractivity contribution in [3.8, 4) is 0 Å². The number of thiazole rings is 1. The van der Waals surface area contributed by atoms with Gasteiger partial charge in [0.2, 0.25) is 0 Å². The van der Waals surface area contributed by atoms with Gasteiger partial charge in [0.05, 0.1) is 5.51 Å². The van der Waals surface area contributed by atoms with E-state index in [-0.39, 0.29) is 24.1 Å². The molecule has 0 aromatic carbocycles. The third-order valence-electron chi connectivity index (χ3n) is 1.81. The molecular formula is C11H16ClN3O3S. The average Bonchev–Trinajstić information content (AvgIpc) is 2.68. The molecule has 0 unspecified atom stereocenters. The number of nitrogens with one attached hydrogen (secondary N) is 2. The van der Waals surface area contributed by atoms with Gasteiger partial charge in [-0.1, -0.05) is 11.6 Å². The third-order valence-corrected chi connectivity index (χ3v) is 3.03. The predicted molar refractivity (Wildman–Crippen MR) is 73.7 cm³/mol. The van der Waals surface area contributed by atoms with E-state index in [2.05, 4.69) is 15.6 Å². The van der Waals surface area contributed by atoms with E-state index in [1.54, 1.807) is 20.8 Å². The lowest BCUT2D eigenvalue weighted by Crippen LogP contribution is -2.37. The Morgan fingerprint density at radius 3 is 2.53 bits per heavy atom. The molecule has 0 saturated heterocycles. The first-order chi connectivity index (χ1) is 8.79. The molecule has 1 heterocycles. The van der Waals surface area contributed by atoms with Crippen LogP contribution in [0.15, 0.2) is 5.51 Å². The first-order valence-electron chi connectivity index (χ1n) is 5.63. The zero-order valence-electron chi connectivity index (χ0n) is 10.9. The van der Waals surface area contributed by atoms with E-state index in [0.717, 1.165) is 11.3 Å². The van der Waals surface area contributed by atoms with Gasteiger partial charge in [-0.2, -0.15) is 0 Å². The second kappa shape index (κ2) is 6.72. The van der Waals surface area contributed by atoms with Crippen molar-refractivity contribution in [2.24, 2.45) is 0 Å². The lowest BCUT2D eigenvalue weighted by atomic mass is 10.2. The molecule has 0 radical (unpaired) electrons. The zero-order chi connectivity index (χ0) is 14.5. The van der Waals surface area contributed by atoms with Crippen LogP contribution in [0.1, 0.15) is 30.4 Å². The minimum absolute atomic E-state index is 0.183. The summed E-state index contributed by atoms with van der Waals surface area (Å²) in [4.78, 5) is 27.1. The van der Waals surface area contributed by atoms with Crippen LogP contribution in [0.4, 0.5) is 4.79 Å². The summed E-state index contributed by atoms with van der Waals surface area (Å²) in [5, 5.41) is 5.34. The molecule has 1 aromatic heterocycles. The summed E-state index contributed by atoms with van der Waals surface area (Å²) >= 11 is 6.88. The number of amides is 2. The highest BCUT2D eigenvalue weighted by molar-refractivity contribution is 7.12. The molecule has 0 atom stereocenters. The number of ether oxygens (including phenoxy) is 1. The molecule has 2 N–H and O–H groups in total. The first kappa shape index (κ1) is 15.7. The minimum Gasteiger partial charge on any atom is -0.444 e. The highest BCUT2D eigenvalue weighted by Crippen LogP contribution is 2.17. The Labute approximate surface area is 120 Å². The summed E-state index contributed by atoms with van der Waals surface area (Å²) < 4.78 is 5.04. The molecule has 0 fully saturated rings. The largest absolute Gasteiger partial charge is 0.444 e. The number of hydrogen-bond donors (Lipinski definition) is 2. The summed E-state index contributed by atoms with van der Waals surface area (Å²) in [6, 6.07) is 0. The normalized spacial score (nSPS) is 10.9. The molecule has 0 saturated carbocycles. The number of carbonyl (C=O) groups is 2. The van der Waals surface area contributed by atoms with Gasteiger partial charge in [0.15, 0.2) is 5.15 Å². The van der Waals surface area contributed by atoms with Crippen LogP contribution in [0.3, 0.4) is 0 Å². The van der Waals surface area contributed by atoms with E-state index in [9.17, 15) is 9.59 Å². The summed E-state index contributed by atoms with van der Waals surface area (Å²) in [6.07, 6.45) is -0.516. The molecule has 106 valence electrons. The molecule has 0 bridgehead atoms. The third kappa shape index (κ3) is 5.89. The lowest BCUT2D eigenvalue weighted by Gasteiger charge is -2.19. The lowest BCUT2D eigenvalue weighted by molar-refractivity contribution is 0.0526. The predicted octanol–water partition coefficient (Wildman–Crippen LogP) is 2.05. The van der Waals surface area contributed by atoms with Crippen molar-refractivity contribution in [1.82, 2.24) is 15.6 Å². The van der Waals surface area contributed by atoms with Gasteiger partial charge in [-0.15, -0.1) is 11.3 Å². The zero-order valence-corrected chi connectivity index (χ0v) is 12.5. The Morgan fingerprint density at radius 2 is 2.00 bits per heavy atom. The van der Waals surface area contributed by atoms with E-state index in [1.807, 2.05) is 0 Å². The fraction of sp³-hybridized carbons (Fsp3) is 0.545. The summed E-state index contributed by atoms with van der Waals surface area (Å²) in [5.74, 6) is -0.307. The van der Waals surface area contributed by atoms with E-state index in [4.69, 9.17) is 16.3 Å². The Balaban J connectivity index is 2.23. The topological polar surface area (TPSA) is 80.3 Å². The van der Waals surface area contributed by atoms with Gasteiger partial charge in [-0.25, -0.2) is 9.78 Å². The van der Waals surface area contributed by atoms with Gasteiger partial charge < -0.3 is 15.4 Å². The van der Waals surface area contributed by atoms with Crippen molar-refractivity contribution in [1.29, 1.82) is 0 Å². The standard InChI is InChI=1S/C11H16ClN3O3S/c1-11(2,3)18-10(17)14-5-4-13-9(16)7-8(12)15-6-19-7/h6H,4-5H2,1-3H3,(H,13,16)(H,14,17). The smallest absolute Gasteiger partial charge is 0.407 e. The van der Waals surface area contributed by atoms with Crippen LogP contribution >= 0.6 is 22.9 Å². The fourth-order valence-electron chi connectivity index (χ4n) is 1.11. The van der Waals surface area contributed by atoms with Gasteiger partial charge in [-0.3, -0.25) is 4.79 Å². The van der Waals surface area contributed by atoms with Crippen molar-refractivity contribution >= 4 is 34.9 Å². The Bertz CT molecular complexity index is 456. The minimum atomic E-state index is -0.538. The number of alkyl carbamates (subject to hydrolysis) is 1. The molecule has 19 heavy (non-hydrogen) atoms. The maximum absolute atomic E-state index is 11.6. The highest BCUT2D eigenvalue weighted by Gasteiger charge is 2.16. The van der Waals surface area contributed by atoms with Crippen molar-refractivity contribution < 1.29 is 14.3 Å². The second-order valence-corrected chi connectivity index (χ2v) is 5.87. The summed E-state index contributed by atoms with van der Waals surface area (Å²) in [6.45, 7) is 5.89. The van der Waals surface area contributed by atoms with Gasteiger partial charge in [0.25, 0.3) is 5.91 Å². The van der Waals surface area contributed by atoms with Crippen LogP contribution < -0.4 is 10.6 Å². The van der Waals surface area contributed by atoms with E-state index < -0.39 is 11.7 Å². The maximum Gasteiger partial charge on any atom is 0.407 e. The molecule has 0 spiro atoms. The van der Waals surface area contributed by atoms with Gasteiger partial charge in [0.1, 0.15) is 10.5 Å². The number of carbonyl (C=O) groups excluding carboxylic acids is 2. The van der Waals surface area contributed by atoms with Crippen LogP contribution in [0.5, 0.6) is 0 Å².